The van der Waals surface area contributed by atoms with Gasteiger partial charge >= 0.3 is 0 Å². The number of hydrogen-bond donors (Lipinski definition) is 1. The third kappa shape index (κ3) is 4.22. The van der Waals surface area contributed by atoms with Crippen LogP contribution in [0.15, 0.2) is 24.3 Å². The van der Waals surface area contributed by atoms with E-state index in [1.54, 1.807) is 7.11 Å². The van der Waals surface area contributed by atoms with Crippen LogP contribution in [-0.2, 0) is 0 Å². The van der Waals surface area contributed by atoms with Gasteiger partial charge in [-0.2, -0.15) is 0 Å². The Kier molecular flexibility index (Phi) is 7.03. The second-order valence-corrected chi connectivity index (χ2v) is 5.61. The molecule has 0 saturated heterocycles. The van der Waals surface area contributed by atoms with Crippen molar-refractivity contribution < 1.29 is 4.74 Å². The summed E-state index contributed by atoms with van der Waals surface area (Å²) in [4.78, 5) is 2.56. The van der Waals surface area contributed by atoms with Crippen LogP contribution in [0.1, 0.15) is 45.7 Å². The molecule has 0 spiro atoms. The van der Waals surface area contributed by atoms with E-state index in [0.29, 0.717) is 18.1 Å². The fourth-order valence-electron chi connectivity index (χ4n) is 2.88. The minimum atomic E-state index is 0.329. The molecule has 1 aromatic rings. The standard InChI is InChI=1S/C17H30N2O/c1-7-12-19(13(2)3)14(4)17(18-5)15-8-10-16(20-6)11-9-15/h8-11,13-14,17-18H,7,12H2,1-6H3. The first-order chi connectivity index (χ1) is 9.54. The highest BCUT2D eigenvalue weighted by Gasteiger charge is 2.25. The average molecular weight is 278 g/mol. The Bertz CT molecular complexity index is 375. The van der Waals surface area contributed by atoms with Crippen molar-refractivity contribution in [2.75, 3.05) is 20.7 Å². The monoisotopic (exact) mass is 278 g/mol. The van der Waals surface area contributed by atoms with Crippen LogP contribution in [0.5, 0.6) is 5.75 Å². The van der Waals surface area contributed by atoms with Crippen molar-refractivity contribution in [1.29, 1.82) is 0 Å². The Morgan fingerprint density at radius 1 is 1.15 bits per heavy atom. The molecule has 0 aliphatic rings. The molecule has 3 nitrogen and oxygen atoms in total. The molecular formula is C17H30N2O. The molecule has 0 heterocycles. The van der Waals surface area contributed by atoms with Crippen molar-refractivity contribution in [3.8, 4) is 5.75 Å². The molecule has 0 aromatic heterocycles. The van der Waals surface area contributed by atoms with Crippen LogP contribution < -0.4 is 10.1 Å². The first-order valence-corrected chi connectivity index (χ1v) is 7.62. The second-order valence-electron chi connectivity index (χ2n) is 5.61. The Morgan fingerprint density at radius 2 is 1.75 bits per heavy atom. The zero-order valence-corrected chi connectivity index (χ0v) is 13.8. The molecule has 114 valence electrons. The predicted molar refractivity (Wildman–Crippen MR) is 86.4 cm³/mol. The van der Waals surface area contributed by atoms with E-state index in [-0.39, 0.29) is 0 Å². The number of methoxy groups -OCH3 is 1. The number of nitrogens with one attached hydrogen (secondary N) is 1. The lowest BCUT2D eigenvalue weighted by molar-refractivity contribution is 0.134. The summed E-state index contributed by atoms with van der Waals surface area (Å²) in [6.45, 7) is 10.2. The highest BCUT2D eigenvalue weighted by atomic mass is 16.5. The molecule has 0 saturated carbocycles. The molecule has 0 aliphatic carbocycles. The third-order valence-electron chi connectivity index (χ3n) is 3.94. The molecule has 0 fully saturated rings. The lowest BCUT2D eigenvalue weighted by Crippen LogP contribution is -2.45. The van der Waals surface area contributed by atoms with Gasteiger partial charge in [-0.1, -0.05) is 19.1 Å². The number of ether oxygens (including phenoxy) is 1. The first kappa shape index (κ1) is 17.0. The van der Waals surface area contributed by atoms with Crippen molar-refractivity contribution in [2.24, 2.45) is 0 Å². The highest BCUT2D eigenvalue weighted by molar-refractivity contribution is 5.29. The quantitative estimate of drug-likeness (QED) is 0.788. The van der Waals surface area contributed by atoms with E-state index < -0.39 is 0 Å². The van der Waals surface area contributed by atoms with Crippen LogP contribution >= 0.6 is 0 Å². The van der Waals surface area contributed by atoms with Gasteiger partial charge in [-0.05, 0) is 58.5 Å². The summed E-state index contributed by atoms with van der Waals surface area (Å²) in [6.07, 6.45) is 1.18. The van der Waals surface area contributed by atoms with Gasteiger partial charge in [0.1, 0.15) is 5.75 Å². The molecular weight excluding hydrogens is 248 g/mol. The van der Waals surface area contributed by atoms with Crippen molar-refractivity contribution in [3.05, 3.63) is 29.8 Å². The van der Waals surface area contributed by atoms with Gasteiger partial charge in [0.15, 0.2) is 0 Å². The van der Waals surface area contributed by atoms with Gasteiger partial charge in [-0.15, -0.1) is 0 Å². The molecule has 3 heteroatoms. The molecule has 1 rings (SSSR count). The number of benzene rings is 1. The smallest absolute Gasteiger partial charge is 0.118 e. The summed E-state index contributed by atoms with van der Waals surface area (Å²) < 4.78 is 5.24. The lowest BCUT2D eigenvalue weighted by Gasteiger charge is -2.37. The average Bonchev–Trinajstić information content (AvgIpc) is 2.45. The van der Waals surface area contributed by atoms with Crippen LogP contribution in [0.4, 0.5) is 0 Å². The van der Waals surface area contributed by atoms with Crippen LogP contribution in [-0.4, -0.2) is 37.7 Å². The van der Waals surface area contributed by atoms with Gasteiger partial charge in [0.05, 0.1) is 7.11 Å². The molecule has 20 heavy (non-hydrogen) atoms. The zero-order valence-electron chi connectivity index (χ0n) is 13.8. The van der Waals surface area contributed by atoms with Gasteiger partial charge < -0.3 is 10.1 Å². The van der Waals surface area contributed by atoms with Crippen LogP contribution in [0.2, 0.25) is 0 Å². The number of rotatable bonds is 8. The highest BCUT2D eigenvalue weighted by Crippen LogP contribution is 2.24. The second kappa shape index (κ2) is 8.28. The van der Waals surface area contributed by atoms with Crippen molar-refractivity contribution >= 4 is 0 Å². The summed E-state index contributed by atoms with van der Waals surface area (Å²) in [5, 5.41) is 3.47. The van der Waals surface area contributed by atoms with Gasteiger partial charge in [0.2, 0.25) is 0 Å². The summed E-state index contributed by atoms with van der Waals surface area (Å²) in [6, 6.07) is 9.71. The Morgan fingerprint density at radius 3 is 2.15 bits per heavy atom. The van der Waals surface area contributed by atoms with Crippen molar-refractivity contribution in [2.45, 2.75) is 52.2 Å². The third-order valence-corrected chi connectivity index (χ3v) is 3.94. The van der Waals surface area contributed by atoms with Crippen LogP contribution in [0, 0.1) is 0 Å². The van der Waals surface area contributed by atoms with Gasteiger partial charge in [0, 0.05) is 18.1 Å². The fraction of sp³-hybridized carbons (Fsp3) is 0.647. The van der Waals surface area contributed by atoms with Gasteiger partial charge in [-0.3, -0.25) is 4.90 Å². The first-order valence-electron chi connectivity index (χ1n) is 7.62. The van der Waals surface area contributed by atoms with Crippen molar-refractivity contribution in [3.63, 3.8) is 0 Å². The molecule has 0 bridgehead atoms. The maximum absolute atomic E-state index is 5.24. The maximum Gasteiger partial charge on any atom is 0.118 e. The summed E-state index contributed by atoms with van der Waals surface area (Å²) in [7, 11) is 3.74. The minimum Gasteiger partial charge on any atom is -0.497 e. The van der Waals surface area contributed by atoms with Gasteiger partial charge in [0.25, 0.3) is 0 Å². The van der Waals surface area contributed by atoms with E-state index in [1.807, 2.05) is 19.2 Å². The molecule has 0 amide bonds. The van der Waals surface area contributed by atoms with E-state index in [9.17, 15) is 0 Å². The number of nitrogens with zero attached hydrogens (tertiary/aromatic N) is 1. The number of hydrogen-bond acceptors (Lipinski definition) is 3. The molecule has 2 unspecified atom stereocenters. The normalized spacial score (nSPS) is 14.6. The molecule has 1 aromatic carbocycles. The molecule has 1 N–H and O–H groups in total. The van der Waals surface area contributed by atoms with E-state index in [2.05, 4.69) is 50.0 Å². The Hall–Kier alpha value is -1.06. The van der Waals surface area contributed by atoms with E-state index in [0.717, 1.165) is 12.3 Å². The zero-order chi connectivity index (χ0) is 15.1. The maximum atomic E-state index is 5.24. The molecule has 0 aliphatic heterocycles. The van der Waals surface area contributed by atoms with E-state index in [4.69, 9.17) is 4.74 Å². The van der Waals surface area contributed by atoms with Crippen molar-refractivity contribution in [1.82, 2.24) is 10.2 Å². The summed E-state index contributed by atoms with van der Waals surface area (Å²) in [5.74, 6) is 0.908. The topological polar surface area (TPSA) is 24.5 Å². The van der Waals surface area contributed by atoms with Gasteiger partial charge in [-0.25, -0.2) is 0 Å². The number of likely N-dealkylation sites (N-methyl/N-ethyl adjacent to an activating group) is 1. The lowest BCUT2D eigenvalue weighted by atomic mass is 9.98. The van der Waals surface area contributed by atoms with Crippen LogP contribution in [0.3, 0.4) is 0 Å². The fourth-order valence-corrected chi connectivity index (χ4v) is 2.88. The Labute approximate surface area is 124 Å². The molecule has 2 atom stereocenters. The summed E-state index contributed by atoms with van der Waals surface area (Å²) >= 11 is 0. The Balaban J connectivity index is 2.91. The SMILES string of the molecule is CCCN(C(C)C)C(C)C(NC)c1ccc(OC)cc1. The molecule has 0 radical (unpaired) electrons. The van der Waals surface area contributed by atoms with E-state index >= 15 is 0 Å². The van der Waals surface area contributed by atoms with Crippen LogP contribution in [0.25, 0.3) is 0 Å². The largest absolute Gasteiger partial charge is 0.497 e. The van der Waals surface area contributed by atoms with E-state index in [1.165, 1.54) is 12.0 Å². The minimum absolute atomic E-state index is 0.329. The predicted octanol–water partition coefficient (Wildman–Crippen LogP) is 3.46. The summed E-state index contributed by atoms with van der Waals surface area (Å²) in [5.41, 5.74) is 1.31.